The average Bonchev–Trinajstić information content (AvgIpc) is 2.74. The molecule has 0 saturated carbocycles. The van der Waals surface area contributed by atoms with Gasteiger partial charge in [0, 0.05) is 12.6 Å². The van der Waals surface area contributed by atoms with Crippen LogP contribution in [0.3, 0.4) is 0 Å². The van der Waals surface area contributed by atoms with Gasteiger partial charge in [0.05, 0.1) is 13.5 Å². The van der Waals surface area contributed by atoms with Crippen LogP contribution in [0.2, 0.25) is 0 Å². The third kappa shape index (κ3) is 6.34. The third-order valence-electron chi connectivity index (χ3n) is 5.53. The second-order valence-corrected chi connectivity index (χ2v) is 7.97. The number of amides is 2. The van der Waals surface area contributed by atoms with Gasteiger partial charge < -0.3 is 15.0 Å². The minimum absolute atomic E-state index is 0.0636. The second kappa shape index (κ2) is 10.8. The number of ether oxygens (including phenoxy) is 1. The average molecular weight is 411 g/mol. The number of methoxy groups -OCH3 is 1. The van der Waals surface area contributed by atoms with Crippen molar-refractivity contribution >= 4 is 11.8 Å². The molecule has 0 aliphatic heterocycles. The van der Waals surface area contributed by atoms with Crippen molar-refractivity contribution in [1.82, 2.24) is 10.2 Å². The predicted octanol–water partition coefficient (Wildman–Crippen LogP) is 4.19. The van der Waals surface area contributed by atoms with Crippen molar-refractivity contribution in [2.45, 2.75) is 66.1 Å². The van der Waals surface area contributed by atoms with Crippen LogP contribution in [0.5, 0.6) is 5.75 Å². The molecule has 2 aromatic rings. The van der Waals surface area contributed by atoms with Gasteiger partial charge in [-0.05, 0) is 62.9 Å². The smallest absolute Gasteiger partial charge is 0.242 e. The molecule has 30 heavy (non-hydrogen) atoms. The molecule has 5 heteroatoms. The van der Waals surface area contributed by atoms with Crippen molar-refractivity contribution in [2.75, 3.05) is 7.11 Å². The Hall–Kier alpha value is -2.82. The fourth-order valence-corrected chi connectivity index (χ4v) is 3.23. The number of carbonyl (C=O) groups is 2. The maximum absolute atomic E-state index is 13.3. The summed E-state index contributed by atoms with van der Waals surface area (Å²) in [4.78, 5) is 27.8. The summed E-state index contributed by atoms with van der Waals surface area (Å²) in [5.41, 5.74) is 4.14. The molecule has 0 heterocycles. The first-order chi connectivity index (χ1) is 14.2. The van der Waals surface area contributed by atoms with Gasteiger partial charge in [-0.3, -0.25) is 9.59 Å². The summed E-state index contributed by atoms with van der Waals surface area (Å²) in [5.74, 6) is 0.563. The lowest BCUT2D eigenvalue weighted by molar-refractivity contribution is -0.140. The van der Waals surface area contributed by atoms with Gasteiger partial charge in [0.2, 0.25) is 11.8 Å². The first-order valence-corrected chi connectivity index (χ1v) is 10.5. The molecule has 0 fully saturated rings. The van der Waals surface area contributed by atoms with Gasteiger partial charge in [-0.15, -0.1) is 0 Å². The van der Waals surface area contributed by atoms with E-state index in [0.29, 0.717) is 6.54 Å². The molecule has 0 spiro atoms. The van der Waals surface area contributed by atoms with Crippen LogP contribution in [-0.4, -0.2) is 35.9 Å². The highest BCUT2D eigenvalue weighted by Crippen LogP contribution is 2.18. The number of nitrogens with one attached hydrogen (secondary N) is 1. The molecule has 0 bridgehead atoms. The first kappa shape index (κ1) is 23.5. The number of hydrogen-bond donors (Lipinski definition) is 1. The predicted molar refractivity (Wildman–Crippen MR) is 121 cm³/mol. The molecule has 162 valence electrons. The topological polar surface area (TPSA) is 58.6 Å². The van der Waals surface area contributed by atoms with E-state index in [2.05, 4.69) is 5.32 Å². The van der Waals surface area contributed by atoms with Gasteiger partial charge >= 0.3 is 0 Å². The number of hydrogen-bond acceptors (Lipinski definition) is 3. The maximum atomic E-state index is 13.3. The lowest BCUT2D eigenvalue weighted by Gasteiger charge is -2.30. The molecule has 2 amide bonds. The SMILES string of the molecule is CC[C@@H](C)NC(=O)[C@H](C)N(Cc1ccc(OC)cc1)C(=O)Cc1cc(C)ccc1C. The standard InChI is InChI=1S/C25H34N2O3/c1-7-19(4)26-25(29)20(5)27(16-21-10-12-23(30-6)13-11-21)24(28)15-22-14-17(2)8-9-18(22)3/h8-14,19-20H,7,15-16H2,1-6H3,(H,26,29)/t19-,20+/m1/s1. The zero-order valence-corrected chi connectivity index (χ0v) is 19.0. The summed E-state index contributed by atoms with van der Waals surface area (Å²) in [5, 5.41) is 3.00. The number of aryl methyl sites for hydroxylation is 2. The summed E-state index contributed by atoms with van der Waals surface area (Å²) in [6.45, 7) is 10.2. The van der Waals surface area contributed by atoms with E-state index in [0.717, 1.165) is 34.4 Å². The molecule has 2 atom stereocenters. The number of benzene rings is 2. The third-order valence-corrected chi connectivity index (χ3v) is 5.53. The highest BCUT2D eigenvalue weighted by Gasteiger charge is 2.27. The molecule has 5 nitrogen and oxygen atoms in total. The normalized spacial score (nSPS) is 12.7. The fourth-order valence-electron chi connectivity index (χ4n) is 3.23. The Morgan fingerprint density at radius 2 is 1.73 bits per heavy atom. The summed E-state index contributed by atoms with van der Waals surface area (Å²) in [6, 6.07) is 13.2. The molecular weight excluding hydrogens is 376 g/mol. The first-order valence-electron chi connectivity index (χ1n) is 10.5. The number of rotatable bonds is 9. The molecular formula is C25H34N2O3. The Labute approximate surface area is 180 Å². The van der Waals surface area contributed by atoms with Gasteiger partial charge in [-0.2, -0.15) is 0 Å². The minimum atomic E-state index is -0.571. The van der Waals surface area contributed by atoms with Gasteiger partial charge in [-0.1, -0.05) is 42.8 Å². The van der Waals surface area contributed by atoms with E-state index in [4.69, 9.17) is 4.74 Å². The Kier molecular flexibility index (Phi) is 8.46. The van der Waals surface area contributed by atoms with Gasteiger partial charge in [0.15, 0.2) is 0 Å². The molecule has 0 saturated heterocycles. The van der Waals surface area contributed by atoms with E-state index in [1.165, 1.54) is 0 Å². The minimum Gasteiger partial charge on any atom is -0.497 e. The van der Waals surface area contributed by atoms with E-state index in [-0.39, 0.29) is 24.3 Å². The highest BCUT2D eigenvalue weighted by molar-refractivity contribution is 5.88. The van der Waals surface area contributed by atoms with Crippen LogP contribution >= 0.6 is 0 Å². The van der Waals surface area contributed by atoms with Crippen LogP contribution in [0.25, 0.3) is 0 Å². The van der Waals surface area contributed by atoms with Crippen molar-refractivity contribution in [3.05, 3.63) is 64.7 Å². The molecule has 2 rings (SSSR count). The van der Waals surface area contributed by atoms with E-state index in [9.17, 15) is 9.59 Å². The maximum Gasteiger partial charge on any atom is 0.242 e. The zero-order valence-electron chi connectivity index (χ0n) is 19.0. The van der Waals surface area contributed by atoms with Crippen molar-refractivity contribution in [1.29, 1.82) is 0 Å². The lowest BCUT2D eigenvalue weighted by Crippen LogP contribution is -2.49. The lowest BCUT2D eigenvalue weighted by atomic mass is 10.0. The monoisotopic (exact) mass is 410 g/mol. The van der Waals surface area contributed by atoms with Crippen LogP contribution < -0.4 is 10.1 Å². The Morgan fingerprint density at radius 1 is 1.07 bits per heavy atom. The van der Waals surface area contributed by atoms with Crippen LogP contribution in [0.15, 0.2) is 42.5 Å². The Balaban J connectivity index is 2.27. The second-order valence-electron chi connectivity index (χ2n) is 7.97. The fraction of sp³-hybridized carbons (Fsp3) is 0.440. The van der Waals surface area contributed by atoms with Crippen molar-refractivity contribution in [2.24, 2.45) is 0 Å². The van der Waals surface area contributed by atoms with Crippen LogP contribution in [0, 0.1) is 13.8 Å². The summed E-state index contributed by atoms with van der Waals surface area (Å²) in [6.07, 6.45) is 1.11. The quantitative estimate of drug-likeness (QED) is 0.674. The van der Waals surface area contributed by atoms with E-state index >= 15 is 0 Å². The number of nitrogens with zero attached hydrogens (tertiary/aromatic N) is 1. The molecule has 0 aliphatic rings. The number of carbonyl (C=O) groups excluding carboxylic acids is 2. The van der Waals surface area contributed by atoms with Crippen LogP contribution in [0.4, 0.5) is 0 Å². The van der Waals surface area contributed by atoms with Gasteiger partial charge in [0.25, 0.3) is 0 Å². The Bertz CT molecular complexity index is 861. The molecule has 0 aromatic heterocycles. The van der Waals surface area contributed by atoms with Gasteiger partial charge in [0.1, 0.15) is 11.8 Å². The largest absolute Gasteiger partial charge is 0.497 e. The van der Waals surface area contributed by atoms with E-state index in [1.807, 2.05) is 70.2 Å². The van der Waals surface area contributed by atoms with Crippen molar-refractivity contribution in [3.8, 4) is 5.75 Å². The van der Waals surface area contributed by atoms with Crippen molar-refractivity contribution < 1.29 is 14.3 Å². The zero-order chi connectivity index (χ0) is 22.3. The molecule has 0 unspecified atom stereocenters. The molecule has 1 N–H and O–H groups in total. The summed E-state index contributed by atoms with van der Waals surface area (Å²) in [7, 11) is 1.62. The van der Waals surface area contributed by atoms with Gasteiger partial charge in [-0.25, -0.2) is 0 Å². The van der Waals surface area contributed by atoms with E-state index in [1.54, 1.807) is 18.9 Å². The van der Waals surface area contributed by atoms with Crippen molar-refractivity contribution in [3.63, 3.8) is 0 Å². The van der Waals surface area contributed by atoms with Crippen LogP contribution in [-0.2, 0) is 22.6 Å². The highest BCUT2D eigenvalue weighted by atomic mass is 16.5. The molecule has 0 radical (unpaired) electrons. The Morgan fingerprint density at radius 3 is 2.33 bits per heavy atom. The summed E-state index contributed by atoms with van der Waals surface area (Å²) >= 11 is 0. The van der Waals surface area contributed by atoms with Crippen LogP contribution in [0.1, 0.15) is 49.4 Å². The van der Waals surface area contributed by atoms with E-state index < -0.39 is 6.04 Å². The molecule has 2 aromatic carbocycles. The molecule has 0 aliphatic carbocycles. The summed E-state index contributed by atoms with van der Waals surface area (Å²) < 4.78 is 5.22.